The maximum absolute atomic E-state index is 10.9. The fraction of sp³-hybridized carbons (Fsp3) is 0.571. The van der Waals surface area contributed by atoms with Gasteiger partial charge < -0.3 is 15.0 Å². The summed E-state index contributed by atoms with van der Waals surface area (Å²) in [4.78, 5) is 12.7. The van der Waals surface area contributed by atoms with Crippen molar-refractivity contribution in [1.82, 2.24) is 4.90 Å². The van der Waals surface area contributed by atoms with Gasteiger partial charge in [-0.05, 0) is 33.9 Å². The van der Waals surface area contributed by atoms with Crippen molar-refractivity contribution in [2.75, 3.05) is 32.1 Å². The second-order valence-electron chi connectivity index (χ2n) is 4.87. The largest absolute Gasteiger partial charge is 0.487 e. The lowest BCUT2D eigenvalue weighted by molar-refractivity contribution is -0.385. The van der Waals surface area contributed by atoms with E-state index in [4.69, 9.17) is 4.74 Å². The number of nitrogens with one attached hydrogen (secondary N) is 1. The van der Waals surface area contributed by atoms with Crippen LogP contribution in [0.5, 0.6) is 5.75 Å². The molecule has 112 valence electrons. The van der Waals surface area contributed by atoms with Crippen LogP contribution in [0.3, 0.4) is 0 Å². The normalized spacial score (nSPS) is 10.9. The molecule has 1 aromatic carbocycles. The molecule has 0 saturated heterocycles. The maximum Gasteiger partial charge on any atom is 0.311 e. The van der Waals surface area contributed by atoms with Gasteiger partial charge in [0, 0.05) is 37.0 Å². The summed E-state index contributed by atoms with van der Waals surface area (Å²) < 4.78 is 5.31. The number of benzene rings is 1. The Morgan fingerprint density at radius 1 is 1.45 bits per heavy atom. The third-order valence-electron chi connectivity index (χ3n) is 3.13. The molecule has 1 aromatic rings. The Hall–Kier alpha value is -1.82. The van der Waals surface area contributed by atoms with Crippen LogP contribution in [-0.4, -0.2) is 42.6 Å². The van der Waals surface area contributed by atoms with Crippen LogP contribution in [0.25, 0.3) is 0 Å². The molecule has 6 nitrogen and oxygen atoms in total. The van der Waals surface area contributed by atoms with E-state index in [0.29, 0.717) is 18.4 Å². The first-order chi connectivity index (χ1) is 9.45. The number of rotatable bonds is 8. The van der Waals surface area contributed by atoms with Gasteiger partial charge in [0.25, 0.3) is 0 Å². The van der Waals surface area contributed by atoms with Gasteiger partial charge in [0.15, 0.2) is 5.75 Å². The van der Waals surface area contributed by atoms with Gasteiger partial charge in [0.05, 0.1) is 11.5 Å². The summed E-state index contributed by atoms with van der Waals surface area (Å²) in [6.07, 6.45) is 0. The summed E-state index contributed by atoms with van der Waals surface area (Å²) >= 11 is 0. The lowest BCUT2D eigenvalue weighted by Gasteiger charge is -2.21. The minimum Gasteiger partial charge on any atom is -0.487 e. The van der Waals surface area contributed by atoms with E-state index < -0.39 is 4.92 Å². The number of likely N-dealkylation sites (N-methyl/N-ethyl adjacent to an activating group) is 1. The van der Waals surface area contributed by atoms with E-state index >= 15 is 0 Å². The fourth-order valence-electron chi connectivity index (χ4n) is 1.68. The minimum atomic E-state index is -0.429. The molecule has 0 atom stereocenters. The summed E-state index contributed by atoms with van der Waals surface area (Å²) in [5.41, 5.74) is 0.827. The standard InChI is InChI=1S/C14H23N3O3/c1-5-20-14-10-12(6-7-13(14)17(18)19)15-8-9-16(4)11(2)3/h6-7,10-11,15H,5,8-9H2,1-4H3. The highest BCUT2D eigenvalue weighted by molar-refractivity contribution is 5.58. The molecule has 0 aliphatic heterocycles. The van der Waals surface area contributed by atoms with Gasteiger partial charge in [-0.25, -0.2) is 0 Å². The topological polar surface area (TPSA) is 67.6 Å². The summed E-state index contributed by atoms with van der Waals surface area (Å²) in [6, 6.07) is 5.35. The van der Waals surface area contributed by atoms with E-state index in [2.05, 4.69) is 31.1 Å². The second-order valence-corrected chi connectivity index (χ2v) is 4.87. The summed E-state index contributed by atoms with van der Waals surface area (Å²) in [6.45, 7) is 8.16. The molecular weight excluding hydrogens is 258 g/mol. The molecule has 0 saturated carbocycles. The molecule has 0 fully saturated rings. The zero-order valence-corrected chi connectivity index (χ0v) is 12.5. The van der Waals surface area contributed by atoms with E-state index in [0.717, 1.165) is 18.8 Å². The zero-order chi connectivity index (χ0) is 15.1. The van der Waals surface area contributed by atoms with Crippen LogP contribution < -0.4 is 10.1 Å². The van der Waals surface area contributed by atoms with E-state index in [1.165, 1.54) is 6.07 Å². The Labute approximate surface area is 119 Å². The molecular formula is C14H23N3O3. The molecule has 1 N–H and O–H groups in total. The quantitative estimate of drug-likeness (QED) is 0.586. The van der Waals surface area contributed by atoms with Gasteiger partial charge in [0.1, 0.15) is 0 Å². The summed E-state index contributed by atoms with van der Waals surface area (Å²) in [5, 5.41) is 14.1. The van der Waals surface area contributed by atoms with Gasteiger partial charge in [-0.1, -0.05) is 0 Å². The molecule has 0 heterocycles. The molecule has 0 amide bonds. The number of nitrogens with zero attached hydrogens (tertiary/aromatic N) is 2. The number of hydrogen-bond donors (Lipinski definition) is 1. The van der Waals surface area contributed by atoms with Gasteiger partial charge in [-0.2, -0.15) is 0 Å². The Morgan fingerprint density at radius 3 is 2.70 bits per heavy atom. The Kier molecular flexibility index (Phi) is 6.24. The van der Waals surface area contributed by atoms with E-state index in [-0.39, 0.29) is 5.69 Å². The highest BCUT2D eigenvalue weighted by atomic mass is 16.6. The predicted octanol–water partition coefficient (Wildman–Crippen LogP) is 2.75. The third-order valence-corrected chi connectivity index (χ3v) is 3.13. The minimum absolute atomic E-state index is 0.00306. The molecule has 0 bridgehead atoms. The molecule has 0 aliphatic carbocycles. The predicted molar refractivity (Wildman–Crippen MR) is 80.5 cm³/mol. The highest BCUT2D eigenvalue weighted by Crippen LogP contribution is 2.29. The Balaban J connectivity index is 2.67. The maximum atomic E-state index is 10.9. The van der Waals surface area contributed by atoms with Crippen LogP contribution in [0.2, 0.25) is 0 Å². The number of hydrogen-bond acceptors (Lipinski definition) is 5. The smallest absolute Gasteiger partial charge is 0.311 e. The average Bonchev–Trinajstić information content (AvgIpc) is 2.38. The van der Waals surface area contributed by atoms with Crippen molar-refractivity contribution in [3.63, 3.8) is 0 Å². The van der Waals surface area contributed by atoms with Gasteiger partial charge in [-0.3, -0.25) is 10.1 Å². The highest BCUT2D eigenvalue weighted by Gasteiger charge is 2.15. The van der Waals surface area contributed by atoms with Gasteiger partial charge in [-0.15, -0.1) is 0 Å². The summed E-state index contributed by atoms with van der Waals surface area (Å²) in [5.74, 6) is 0.305. The van der Waals surface area contributed by atoms with Crippen LogP contribution in [0.1, 0.15) is 20.8 Å². The summed E-state index contributed by atoms with van der Waals surface area (Å²) in [7, 11) is 2.06. The number of ether oxygens (including phenoxy) is 1. The van der Waals surface area contributed by atoms with Crippen molar-refractivity contribution in [1.29, 1.82) is 0 Å². The molecule has 0 radical (unpaired) electrons. The van der Waals surface area contributed by atoms with Crippen molar-refractivity contribution in [3.05, 3.63) is 28.3 Å². The molecule has 20 heavy (non-hydrogen) atoms. The van der Waals surface area contributed by atoms with Crippen LogP contribution in [0, 0.1) is 10.1 Å². The van der Waals surface area contributed by atoms with Crippen molar-refractivity contribution >= 4 is 11.4 Å². The zero-order valence-electron chi connectivity index (χ0n) is 12.5. The van der Waals surface area contributed by atoms with E-state index in [9.17, 15) is 10.1 Å². The number of anilines is 1. The third kappa shape index (κ3) is 4.70. The first-order valence-corrected chi connectivity index (χ1v) is 6.81. The van der Waals surface area contributed by atoms with Crippen LogP contribution in [-0.2, 0) is 0 Å². The molecule has 6 heteroatoms. The SMILES string of the molecule is CCOc1cc(NCCN(C)C(C)C)ccc1[N+](=O)[O-]. The lowest BCUT2D eigenvalue weighted by Crippen LogP contribution is -2.31. The van der Waals surface area contributed by atoms with Crippen LogP contribution in [0.15, 0.2) is 18.2 Å². The molecule has 0 unspecified atom stereocenters. The Morgan fingerprint density at radius 2 is 2.15 bits per heavy atom. The van der Waals surface area contributed by atoms with Crippen LogP contribution in [0.4, 0.5) is 11.4 Å². The molecule has 0 aliphatic rings. The molecule has 1 rings (SSSR count). The van der Waals surface area contributed by atoms with E-state index in [1.807, 2.05) is 0 Å². The van der Waals surface area contributed by atoms with Crippen molar-refractivity contribution < 1.29 is 9.66 Å². The lowest BCUT2D eigenvalue weighted by atomic mass is 10.2. The van der Waals surface area contributed by atoms with Gasteiger partial charge in [0.2, 0.25) is 0 Å². The van der Waals surface area contributed by atoms with E-state index in [1.54, 1.807) is 19.1 Å². The second kappa shape index (κ2) is 7.69. The average molecular weight is 281 g/mol. The number of nitro benzene ring substituents is 1. The first-order valence-electron chi connectivity index (χ1n) is 6.81. The van der Waals surface area contributed by atoms with Crippen LogP contribution >= 0.6 is 0 Å². The van der Waals surface area contributed by atoms with Crippen molar-refractivity contribution in [3.8, 4) is 5.75 Å². The fourth-order valence-corrected chi connectivity index (χ4v) is 1.68. The Bertz CT molecular complexity index is 449. The first kappa shape index (κ1) is 16.2. The van der Waals surface area contributed by atoms with Crippen molar-refractivity contribution in [2.24, 2.45) is 0 Å². The van der Waals surface area contributed by atoms with Crippen molar-refractivity contribution in [2.45, 2.75) is 26.8 Å². The molecule has 0 aromatic heterocycles. The molecule has 0 spiro atoms. The monoisotopic (exact) mass is 281 g/mol. The number of nitro groups is 1. The van der Waals surface area contributed by atoms with Gasteiger partial charge >= 0.3 is 5.69 Å².